The minimum atomic E-state index is -0.576. The molecular formula is C12H19NO5. The van der Waals surface area contributed by atoms with Crippen molar-refractivity contribution in [2.75, 3.05) is 40.1 Å². The Hall–Kier alpha value is -1.40. The van der Waals surface area contributed by atoms with Crippen molar-refractivity contribution in [1.82, 2.24) is 4.90 Å². The highest BCUT2D eigenvalue weighted by atomic mass is 16.5. The van der Waals surface area contributed by atoms with Crippen LogP contribution in [0, 0.1) is 0 Å². The third-order valence-electron chi connectivity index (χ3n) is 2.50. The second-order valence-electron chi connectivity index (χ2n) is 3.89. The van der Waals surface area contributed by atoms with E-state index in [-0.39, 0.29) is 6.61 Å². The normalized spacial score (nSPS) is 17.4. The van der Waals surface area contributed by atoms with Crippen molar-refractivity contribution < 1.29 is 23.8 Å². The number of nitrogens with zero attached hydrogens (tertiary/aromatic N) is 1. The van der Waals surface area contributed by atoms with Gasteiger partial charge in [-0.2, -0.15) is 0 Å². The summed E-state index contributed by atoms with van der Waals surface area (Å²) in [4.78, 5) is 24.0. The number of rotatable bonds is 5. The fourth-order valence-corrected chi connectivity index (χ4v) is 1.50. The van der Waals surface area contributed by atoms with E-state index in [0.29, 0.717) is 13.3 Å². The van der Waals surface area contributed by atoms with Gasteiger partial charge in [0.25, 0.3) is 0 Å². The van der Waals surface area contributed by atoms with Gasteiger partial charge in [-0.3, -0.25) is 4.90 Å². The highest BCUT2D eigenvalue weighted by Gasteiger charge is 2.09. The van der Waals surface area contributed by atoms with Gasteiger partial charge < -0.3 is 14.2 Å². The summed E-state index contributed by atoms with van der Waals surface area (Å²) in [7, 11) is 1.25. The predicted molar refractivity (Wildman–Crippen MR) is 63.7 cm³/mol. The summed E-state index contributed by atoms with van der Waals surface area (Å²) in [6.07, 6.45) is 4.26. The van der Waals surface area contributed by atoms with Gasteiger partial charge in [-0.15, -0.1) is 0 Å². The predicted octanol–water partition coefficient (Wildman–Crippen LogP) is 0.329. The molecule has 0 aliphatic carbocycles. The van der Waals surface area contributed by atoms with Gasteiger partial charge in [-0.1, -0.05) is 0 Å². The number of hydrogen-bond donors (Lipinski definition) is 0. The van der Waals surface area contributed by atoms with E-state index in [2.05, 4.69) is 9.64 Å². The molecule has 1 aliphatic heterocycles. The molecule has 0 radical (unpaired) electrons. The maximum Gasteiger partial charge on any atom is 0.331 e. The fourth-order valence-electron chi connectivity index (χ4n) is 1.50. The lowest BCUT2D eigenvalue weighted by molar-refractivity contribution is -0.139. The molecule has 0 atom stereocenters. The molecule has 1 heterocycles. The quantitative estimate of drug-likeness (QED) is 0.522. The van der Waals surface area contributed by atoms with E-state index in [1.807, 2.05) is 0 Å². The van der Waals surface area contributed by atoms with Crippen LogP contribution in [0.3, 0.4) is 0 Å². The van der Waals surface area contributed by atoms with E-state index in [1.54, 1.807) is 0 Å². The Morgan fingerprint density at radius 2 is 2.06 bits per heavy atom. The van der Waals surface area contributed by atoms with E-state index < -0.39 is 11.9 Å². The second kappa shape index (κ2) is 8.66. The molecule has 18 heavy (non-hydrogen) atoms. The summed E-state index contributed by atoms with van der Waals surface area (Å²) in [6.45, 7) is 3.24. The van der Waals surface area contributed by atoms with Crippen molar-refractivity contribution in [1.29, 1.82) is 0 Å². The van der Waals surface area contributed by atoms with Crippen molar-refractivity contribution in [3.8, 4) is 0 Å². The second-order valence-corrected chi connectivity index (χ2v) is 3.89. The van der Waals surface area contributed by atoms with Crippen LogP contribution >= 0.6 is 0 Å². The molecule has 1 aliphatic rings. The van der Waals surface area contributed by atoms with Crippen LogP contribution in [-0.4, -0.2) is 57.0 Å². The standard InChI is InChI=1S/C12H19NO5/c1-16-11(14)4-5-12(15)18-9-7-13-6-2-3-8-17-10-13/h4-5H,2-3,6-10H2,1H3/b5-4+. The van der Waals surface area contributed by atoms with E-state index in [1.165, 1.54) is 7.11 Å². The van der Waals surface area contributed by atoms with Crippen LogP contribution in [0.15, 0.2) is 12.2 Å². The summed E-state index contributed by atoms with van der Waals surface area (Å²) in [5.41, 5.74) is 0. The zero-order valence-corrected chi connectivity index (χ0v) is 10.6. The van der Waals surface area contributed by atoms with Crippen molar-refractivity contribution in [2.45, 2.75) is 12.8 Å². The minimum absolute atomic E-state index is 0.285. The van der Waals surface area contributed by atoms with E-state index in [0.717, 1.165) is 38.1 Å². The number of carbonyl (C=O) groups excluding carboxylic acids is 2. The van der Waals surface area contributed by atoms with E-state index >= 15 is 0 Å². The summed E-state index contributed by atoms with van der Waals surface area (Å²) in [5.74, 6) is -1.12. The molecule has 6 heteroatoms. The molecule has 0 aromatic heterocycles. The van der Waals surface area contributed by atoms with Gasteiger partial charge in [0.2, 0.25) is 0 Å². The molecule has 102 valence electrons. The van der Waals surface area contributed by atoms with Crippen molar-refractivity contribution >= 4 is 11.9 Å². The van der Waals surface area contributed by atoms with Crippen LogP contribution in [0.5, 0.6) is 0 Å². The molecular weight excluding hydrogens is 238 g/mol. The van der Waals surface area contributed by atoms with Gasteiger partial charge in [0.1, 0.15) is 6.61 Å². The van der Waals surface area contributed by atoms with Gasteiger partial charge in [-0.05, 0) is 12.8 Å². The van der Waals surface area contributed by atoms with Crippen LogP contribution in [-0.2, 0) is 23.8 Å². The van der Waals surface area contributed by atoms with E-state index in [9.17, 15) is 9.59 Å². The van der Waals surface area contributed by atoms with Crippen LogP contribution in [0.1, 0.15) is 12.8 Å². The number of esters is 2. The zero-order valence-electron chi connectivity index (χ0n) is 10.6. The molecule has 0 saturated carbocycles. The summed E-state index contributed by atoms with van der Waals surface area (Å²) in [6, 6.07) is 0. The third-order valence-corrected chi connectivity index (χ3v) is 2.50. The first-order valence-corrected chi connectivity index (χ1v) is 5.95. The van der Waals surface area contributed by atoms with Gasteiger partial charge in [-0.25, -0.2) is 9.59 Å². The van der Waals surface area contributed by atoms with Crippen molar-refractivity contribution in [3.05, 3.63) is 12.2 Å². The third kappa shape index (κ3) is 6.36. The molecule has 0 aromatic rings. The molecule has 1 saturated heterocycles. The summed E-state index contributed by atoms with van der Waals surface area (Å²) >= 11 is 0. The number of ether oxygens (including phenoxy) is 3. The molecule has 0 bridgehead atoms. The number of hydrogen-bond acceptors (Lipinski definition) is 6. The Morgan fingerprint density at radius 1 is 1.28 bits per heavy atom. The Balaban J connectivity index is 2.14. The minimum Gasteiger partial charge on any atom is -0.466 e. The molecule has 0 spiro atoms. The lowest BCUT2D eigenvalue weighted by Crippen LogP contribution is -2.29. The van der Waals surface area contributed by atoms with E-state index in [4.69, 9.17) is 9.47 Å². The fraction of sp³-hybridized carbons (Fsp3) is 0.667. The summed E-state index contributed by atoms with van der Waals surface area (Å²) < 4.78 is 14.7. The largest absolute Gasteiger partial charge is 0.466 e. The smallest absolute Gasteiger partial charge is 0.331 e. The lowest BCUT2D eigenvalue weighted by atomic mass is 10.3. The van der Waals surface area contributed by atoms with Gasteiger partial charge in [0, 0.05) is 31.8 Å². The summed E-state index contributed by atoms with van der Waals surface area (Å²) in [5, 5.41) is 0. The Bertz CT molecular complexity index is 295. The first kappa shape index (κ1) is 14.7. The molecule has 0 N–H and O–H groups in total. The topological polar surface area (TPSA) is 65.1 Å². The average Bonchev–Trinajstić information content (AvgIpc) is 2.64. The Kier molecular flexibility index (Phi) is 7.05. The maximum absolute atomic E-state index is 11.2. The number of carbonyl (C=O) groups is 2. The zero-order chi connectivity index (χ0) is 13.2. The molecule has 1 rings (SSSR count). The molecule has 0 unspecified atom stereocenters. The van der Waals surface area contributed by atoms with Crippen molar-refractivity contribution in [2.24, 2.45) is 0 Å². The van der Waals surface area contributed by atoms with Crippen LogP contribution in [0.2, 0.25) is 0 Å². The molecule has 1 fully saturated rings. The SMILES string of the molecule is COC(=O)/C=C/C(=O)OCCN1CCCCOC1. The number of methoxy groups -OCH3 is 1. The van der Waals surface area contributed by atoms with Gasteiger partial charge in [0.15, 0.2) is 0 Å². The monoisotopic (exact) mass is 257 g/mol. The maximum atomic E-state index is 11.2. The van der Waals surface area contributed by atoms with Gasteiger partial charge >= 0.3 is 11.9 Å². The Labute approximate surface area is 106 Å². The Morgan fingerprint density at radius 3 is 2.83 bits per heavy atom. The lowest BCUT2D eigenvalue weighted by Gasteiger charge is -2.18. The molecule has 6 nitrogen and oxygen atoms in total. The van der Waals surface area contributed by atoms with Crippen molar-refractivity contribution in [3.63, 3.8) is 0 Å². The highest BCUT2D eigenvalue weighted by Crippen LogP contribution is 2.02. The van der Waals surface area contributed by atoms with Crippen LogP contribution in [0.25, 0.3) is 0 Å². The first-order chi connectivity index (χ1) is 8.72. The van der Waals surface area contributed by atoms with Gasteiger partial charge in [0.05, 0.1) is 13.8 Å². The first-order valence-electron chi connectivity index (χ1n) is 5.95. The van der Waals surface area contributed by atoms with Crippen LogP contribution < -0.4 is 0 Å². The molecule has 0 amide bonds. The average molecular weight is 257 g/mol. The molecule has 0 aromatic carbocycles. The highest BCUT2D eigenvalue weighted by molar-refractivity contribution is 5.91. The van der Waals surface area contributed by atoms with Crippen LogP contribution in [0.4, 0.5) is 0 Å².